The van der Waals surface area contributed by atoms with E-state index in [2.05, 4.69) is 20.1 Å². The highest BCUT2D eigenvalue weighted by Crippen LogP contribution is 2.33. The van der Waals surface area contributed by atoms with Crippen LogP contribution < -0.4 is 4.74 Å². The smallest absolute Gasteiger partial charge is 0.238 e. The summed E-state index contributed by atoms with van der Waals surface area (Å²) in [7, 11) is 1.58. The highest BCUT2D eigenvalue weighted by Gasteiger charge is 2.26. The van der Waals surface area contributed by atoms with Crippen molar-refractivity contribution in [3.05, 3.63) is 83.1 Å². The third-order valence-electron chi connectivity index (χ3n) is 5.69. The number of aromatic nitrogens is 6. The van der Waals surface area contributed by atoms with Crippen molar-refractivity contribution in [3.63, 3.8) is 0 Å². The lowest BCUT2D eigenvalue weighted by Gasteiger charge is -2.22. The maximum absolute atomic E-state index is 13.8. The predicted octanol–water partition coefficient (Wildman–Crippen LogP) is 4.55. The number of ether oxygens (including phenoxy) is 1. The van der Waals surface area contributed by atoms with Crippen LogP contribution in [0.15, 0.2) is 42.9 Å². The van der Waals surface area contributed by atoms with E-state index < -0.39 is 11.6 Å². The van der Waals surface area contributed by atoms with Crippen LogP contribution in [0.1, 0.15) is 47.4 Å². The molecule has 0 fully saturated rings. The Morgan fingerprint density at radius 1 is 1.09 bits per heavy atom. The van der Waals surface area contributed by atoms with Crippen LogP contribution in [0.3, 0.4) is 0 Å². The Morgan fingerprint density at radius 3 is 2.73 bits per heavy atom. The second-order valence-electron chi connectivity index (χ2n) is 7.94. The number of hydrogen-bond acceptors (Lipinski definition) is 5. The molecule has 168 valence electrons. The van der Waals surface area contributed by atoms with Gasteiger partial charge in [0.1, 0.15) is 11.5 Å². The second kappa shape index (κ2) is 8.57. The van der Waals surface area contributed by atoms with Gasteiger partial charge in [0.15, 0.2) is 17.5 Å². The van der Waals surface area contributed by atoms with Gasteiger partial charge in [-0.05, 0) is 61.7 Å². The lowest BCUT2D eigenvalue weighted by Crippen LogP contribution is -2.18. The van der Waals surface area contributed by atoms with Crippen molar-refractivity contribution in [2.75, 3.05) is 7.11 Å². The van der Waals surface area contributed by atoms with Crippen LogP contribution in [-0.4, -0.2) is 36.4 Å². The number of imidazole rings is 1. The van der Waals surface area contributed by atoms with E-state index in [9.17, 15) is 8.78 Å². The van der Waals surface area contributed by atoms with Crippen LogP contribution in [0.2, 0.25) is 0 Å². The summed E-state index contributed by atoms with van der Waals surface area (Å²) in [5, 5.41) is 4.57. The fraction of sp³-hybridized carbons (Fsp3) is 0.250. The number of pyridine rings is 1. The van der Waals surface area contributed by atoms with Gasteiger partial charge in [-0.15, -0.1) is 0 Å². The summed E-state index contributed by atoms with van der Waals surface area (Å²) in [5.74, 6) is -0.0575. The summed E-state index contributed by atoms with van der Waals surface area (Å²) < 4.78 is 36.3. The summed E-state index contributed by atoms with van der Waals surface area (Å²) in [4.78, 5) is 13.5. The van der Waals surface area contributed by atoms with Crippen LogP contribution in [0.5, 0.6) is 5.88 Å². The average molecular weight is 448 g/mol. The average Bonchev–Trinajstić information content (AvgIpc) is 3.45. The number of fused-ring (bicyclic) bond motifs is 1. The molecule has 0 saturated carbocycles. The molecule has 1 atom stereocenters. The minimum absolute atomic E-state index is 0.125. The van der Waals surface area contributed by atoms with E-state index in [0.717, 1.165) is 42.7 Å². The lowest BCUT2D eigenvalue weighted by atomic mass is 9.91. The van der Waals surface area contributed by atoms with Crippen molar-refractivity contribution in [2.45, 2.75) is 32.2 Å². The first kappa shape index (κ1) is 21.0. The minimum Gasteiger partial charge on any atom is -0.479 e. The summed E-state index contributed by atoms with van der Waals surface area (Å²) in [5.41, 5.74) is 3.09. The molecule has 0 bridgehead atoms. The van der Waals surface area contributed by atoms with E-state index in [0.29, 0.717) is 23.0 Å². The number of rotatable bonds is 5. The first-order valence-electron chi connectivity index (χ1n) is 10.7. The van der Waals surface area contributed by atoms with Crippen LogP contribution in [0.25, 0.3) is 17.8 Å². The van der Waals surface area contributed by atoms with Gasteiger partial charge in [-0.25, -0.2) is 28.4 Å². The number of hydrogen-bond donors (Lipinski definition) is 0. The van der Waals surface area contributed by atoms with Crippen molar-refractivity contribution in [3.8, 4) is 11.6 Å². The zero-order valence-electron chi connectivity index (χ0n) is 18.2. The van der Waals surface area contributed by atoms with Crippen molar-refractivity contribution < 1.29 is 13.5 Å². The number of benzene rings is 1. The van der Waals surface area contributed by atoms with Crippen LogP contribution >= 0.6 is 0 Å². The molecule has 0 saturated heterocycles. The van der Waals surface area contributed by atoms with Gasteiger partial charge in [-0.2, -0.15) is 5.10 Å². The van der Waals surface area contributed by atoms with Crippen LogP contribution in [0.4, 0.5) is 8.78 Å². The number of nitrogens with zero attached hydrogens (tertiary/aromatic N) is 6. The molecule has 7 nitrogen and oxygen atoms in total. The van der Waals surface area contributed by atoms with Crippen molar-refractivity contribution in [1.29, 1.82) is 0 Å². The quantitative estimate of drug-likeness (QED) is 0.448. The van der Waals surface area contributed by atoms with Crippen molar-refractivity contribution in [1.82, 2.24) is 29.3 Å². The summed E-state index contributed by atoms with van der Waals surface area (Å²) in [6.07, 6.45) is 8.92. The van der Waals surface area contributed by atoms with E-state index in [-0.39, 0.29) is 5.92 Å². The van der Waals surface area contributed by atoms with Gasteiger partial charge < -0.3 is 9.30 Å². The molecule has 1 aliphatic heterocycles. The molecule has 0 aliphatic carbocycles. The molecule has 0 amide bonds. The van der Waals surface area contributed by atoms with Crippen molar-refractivity contribution in [2.24, 2.45) is 0 Å². The molecule has 3 aromatic heterocycles. The third-order valence-corrected chi connectivity index (χ3v) is 5.69. The molecule has 4 aromatic rings. The highest BCUT2D eigenvalue weighted by molar-refractivity contribution is 5.65. The molecule has 0 spiro atoms. The SMILES string of the molecule is COc1nc(C=Cc2nc3n(n2)CCC[C@H]3c2ccc(F)c(F)c2)ccc1-n1cnc(C)c1. The molecule has 9 heteroatoms. The van der Waals surface area contributed by atoms with Gasteiger partial charge in [0.25, 0.3) is 0 Å². The summed E-state index contributed by atoms with van der Waals surface area (Å²) >= 11 is 0. The molecule has 4 heterocycles. The van der Waals surface area contributed by atoms with Gasteiger partial charge in [0.05, 0.1) is 24.8 Å². The Hall–Kier alpha value is -3.88. The standard InChI is InChI=1S/C24H22F2N6O/c1-15-13-31(14-27-15)21-9-6-17(28-24(21)33-2)7-10-22-29-23-18(4-3-11-32(23)30-22)16-5-8-19(25)20(26)12-16/h5-10,12-14,18H,3-4,11H2,1-2H3/t18-/m0/s1. The van der Waals surface area contributed by atoms with Gasteiger partial charge in [-0.1, -0.05) is 6.07 Å². The maximum atomic E-state index is 13.8. The zero-order valence-corrected chi connectivity index (χ0v) is 18.2. The first-order chi connectivity index (χ1) is 16.0. The molecular formula is C24H22F2N6O. The normalized spacial score (nSPS) is 15.7. The van der Waals surface area contributed by atoms with Gasteiger partial charge >= 0.3 is 0 Å². The number of methoxy groups -OCH3 is 1. The van der Waals surface area contributed by atoms with Gasteiger partial charge in [0.2, 0.25) is 5.88 Å². The lowest BCUT2D eigenvalue weighted by molar-refractivity contribution is 0.395. The largest absolute Gasteiger partial charge is 0.479 e. The van der Waals surface area contributed by atoms with E-state index >= 15 is 0 Å². The monoisotopic (exact) mass is 448 g/mol. The summed E-state index contributed by atoms with van der Waals surface area (Å²) in [6, 6.07) is 7.82. The van der Waals surface area contributed by atoms with E-state index in [1.807, 2.05) is 40.6 Å². The van der Waals surface area contributed by atoms with Gasteiger partial charge in [-0.3, -0.25) is 0 Å². The molecular weight excluding hydrogens is 426 g/mol. The Labute approximate surface area is 189 Å². The van der Waals surface area contributed by atoms with Crippen LogP contribution in [-0.2, 0) is 6.54 Å². The third kappa shape index (κ3) is 4.13. The molecule has 0 unspecified atom stereocenters. The highest BCUT2D eigenvalue weighted by atomic mass is 19.2. The predicted molar refractivity (Wildman–Crippen MR) is 119 cm³/mol. The Balaban J connectivity index is 1.41. The molecule has 5 rings (SSSR count). The first-order valence-corrected chi connectivity index (χ1v) is 10.7. The topological polar surface area (TPSA) is 70.7 Å². The summed E-state index contributed by atoms with van der Waals surface area (Å²) in [6.45, 7) is 2.66. The fourth-order valence-electron chi connectivity index (χ4n) is 4.08. The van der Waals surface area contributed by atoms with E-state index in [1.54, 1.807) is 25.6 Å². The minimum atomic E-state index is -0.850. The number of halogens is 2. The van der Waals surface area contributed by atoms with E-state index in [4.69, 9.17) is 4.74 Å². The Kier molecular flexibility index (Phi) is 5.45. The molecule has 33 heavy (non-hydrogen) atoms. The molecule has 0 N–H and O–H groups in total. The Bertz CT molecular complexity index is 1340. The Morgan fingerprint density at radius 2 is 1.97 bits per heavy atom. The van der Waals surface area contributed by atoms with Crippen LogP contribution in [0, 0.1) is 18.6 Å². The zero-order chi connectivity index (χ0) is 22.9. The maximum Gasteiger partial charge on any atom is 0.238 e. The van der Waals surface area contributed by atoms with E-state index in [1.165, 1.54) is 6.07 Å². The second-order valence-corrected chi connectivity index (χ2v) is 7.94. The molecule has 1 aromatic carbocycles. The molecule has 1 aliphatic rings. The number of aryl methyl sites for hydroxylation is 2. The molecule has 0 radical (unpaired) electrons. The van der Waals surface area contributed by atoms with Gasteiger partial charge in [0, 0.05) is 18.7 Å². The van der Waals surface area contributed by atoms with Crippen molar-refractivity contribution >= 4 is 12.2 Å². The fourth-order valence-corrected chi connectivity index (χ4v) is 4.08.